The van der Waals surface area contributed by atoms with E-state index in [1.807, 2.05) is 32.0 Å². The Morgan fingerprint density at radius 2 is 1.86 bits per heavy atom. The number of hydrogen-bond acceptors (Lipinski definition) is 4. The second-order valence-electron chi connectivity index (χ2n) is 4.99. The zero-order valence-electron chi connectivity index (χ0n) is 12.2. The Hall–Kier alpha value is -1.98. The van der Waals surface area contributed by atoms with Gasteiger partial charge in [0.2, 0.25) is 0 Å². The molecule has 1 aromatic carbocycles. The minimum atomic E-state index is -0.133. The molecule has 112 valence electrons. The fourth-order valence-corrected chi connectivity index (χ4v) is 3.12. The largest absolute Gasteiger partial charge is 0.347 e. The molecule has 0 aliphatic heterocycles. The molecule has 6 heteroatoms. The summed E-state index contributed by atoms with van der Waals surface area (Å²) in [6, 6.07) is 9.09. The molecular weight excluding hydrogens is 318 g/mol. The summed E-state index contributed by atoms with van der Waals surface area (Å²) in [5, 5.41) is 2.88. The summed E-state index contributed by atoms with van der Waals surface area (Å²) in [4.78, 5) is 22.2. The third-order valence-corrected chi connectivity index (χ3v) is 4.62. The Balaban J connectivity index is 1.80. The summed E-state index contributed by atoms with van der Waals surface area (Å²) in [5.41, 5.74) is 3.88. The summed E-state index contributed by atoms with van der Waals surface area (Å²) in [7, 11) is 0. The number of nitrogens with zero attached hydrogens (tertiary/aromatic N) is 2. The first-order valence-electron chi connectivity index (χ1n) is 6.80. The number of amides is 1. The molecule has 2 aromatic heterocycles. The van der Waals surface area contributed by atoms with E-state index < -0.39 is 0 Å². The van der Waals surface area contributed by atoms with Crippen molar-refractivity contribution in [2.75, 3.05) is 0 Å². The monoisotopic (exact) mass is 331 g/mol. The smallest absolute Gasteiger partial charge is 0.251 e. The van der Waals surface area contributed by atoms with Gasteiger partial charge < -0.3 is 5.32 Å². The van der Waals surface area contributed by atoms with Crippen LogP contribution in [0, 0.1) is 13.8 Å². The number of rotatable bonds is 3. The van der Waals surface area contributed by atoms with Crippen LogP contribution in [0.2, 0.25) is 4.34 Å². The average molecular weight is 332 g/mol. The highest BCUT2D eigenvalue weighted by Gasteiger charge is 2.09. The molecule has 0 saturated heterocycles. The molecule has 22 heavy (non-hydrogen) atoms. The Kier molecular flexibility index (Phi) is 4.09. The van der Waals surface area contributed by atoms with E-state index >= 15 is 0 Å². The number of carbonyl (C=O) groups is 1. The van der Waals surface area contributed by atoms with E-state index in [1.54, 1.807) is 12.1 Å². The fraction of sp³-hybridized carbons (Fsp3) is 0.188. The maximum absolute atomic E-state index is 12.2. The van der Waals surface area contributed by atoms with E-state index in [0.29, 0.717) is 12.1 Å². The summed E-state index contributed by atoms with van der Waals surface area (Å²) in [6.07, 6.45) is 0. The van der Waals surface area contributed by atoms with Crippen LogP contribution in [0.15, 0.2) is 30.3 Å². The maximum atomic E-state index is 12.2. The highest BCUT2D eigenvalue weighted by molar-refractivity contribution is 7.16. The van der Waals surface area contributed by atoms with Crippen LogP contribution in [0.1, 0.15) is 26.6 Å². The van der Waals surface area contributed by atoms with Gasteiger partial charge in [0.25, 0.3) is 5.91 Å². The first-order valence-corrected chi connectivity index (χ1v) is 8.00. The number of nitrogens with one attached hydrogen (secondary N) is 1. The summed E-state index contributed by atoms with van der Waals surface area (Å²) in [6.45, 7) is 4.30. The highest BCUT2D eigenvalue weighted by Crippen LogP contribution is 2.21. The van der Waals surface area contributed by atoms with Crippen LogP contribution in [0.3, 0.4) is 0 Å². The molecule has 1 amide bonds. The van der Waals surface area contributed by atoms with E-state index in [2.05, 4.69) is 15.3 Å². The predicted octanol–water partition coefficient (Wildman–Crippen LogP) is 3.89. The molecule has 4 nitrogen and oxygen atoms in total. The normalized spacial score (nSPS) is 10.9. The predicted molar refractivity (Wildman–Crippen MR) is 89.5 cm³/mol. The summed E-state index contributed by atoms with van der Waals surface area (Å²) >= 11 is 7.34. The lowest BCUT2D eigenvalue weighted by molar-refractivity contribution is 0.0951. The van der Waals surface area contributed by atoms with Crippen molar-refractivity contribution in [1.82, 2.24) is 15.3 Å². The molecule has 0 spiro atoms. The van der Waals surface area contributed by atoms with Gasteiger partial charge in [-0.1, -0.05) is 11.6 Å². The number of hydrogen-bond donors (Lipinski definition) is 1. The van der Waals surface area contributed by atoms with Gasteiger partial charge in [-0.2, -0.15) is 0 Å². The van der Waals surface area contributed by atoms with Crippen LogP contribution in [0.5, 0.6) is 0 Å². The van der Waals surface area contributed by atoms with Crippen LogP contribution in [-0.2, 0) is 6.54 Å². The molecule has 0 aliphatic rings. The van der Waals surface area contributed by atoms with Crippen molar-refractivity contribution in [3.63, 3.8) is 0 Å². The van der Waals surface area contributed by atoms with Crippen LogP contribution in [0.25, 0.3) is 11.0 Å². The van der Waals surface area contributed by atoms with E-state index in [0.717, 1.165) is 31.6 Å². The van der Waals surface area contributed by atoms with Crippen LogP contribution < -0.4 is 5.32 Å². The lowest BCUT2D eigenvalue weighted by Crippen LogP contribution is -2.22. The number of aromatic nitrogens is 2. The van der Waals surface area contributed by atoms with E-state index in [9.17, 15) is 4.79 Å². The lowest BCUT2D eigenvalue weighted by atomic mass is 10.1. The third kappa shape index (κ3) is 3.10. The molecule has 0 radical (unpaired) electrons. The van der Waals surface area contributed by atoms with E-state index in [4.69, 9.17) is 11.6 Å². The number of benzene rings is 1. The fourth-order valence-electron chi connectivity index (χ4n) is 2.09. The van der Waals surface area contributed by atoms with Gasteiger partial charge in [-0.05, 0) is 44.2 Å². The maximum Gasteiger partial charge on any atom is 0.251 e. The van der Waals surface area contributed by atoms with Crippen molar-refractivity contribution in [2.24, 2.45) is 0 Å². The van der Waals surface area contributed by atoms with Gasteiger partial charge in [0, 0.05) is 10.4 Å². The first kappa shape index (κ1) is 14.9. The Morgan fingerprint density at radius 1 is 1.14 bits per heavy atom. The number of carbonyl (C=O) groups excluding carboxylic acids is 1. The zero-order chi connectivity index (χ0) is 15.7. The molecule has 0 aliphatic carbocycles. The van der Waals surface area contributed by atoms with Crippen molar-refractivity contribution in [1.29, 1.82) is 0 Å². The van der Waals surface area contributed by atoms with E-state index in [1.165, 1.54) is 11.3 Å². The molecule has 0 unspecified atom stereocenters. The molecule has 0 saturated carbocycles. The molecule has 0 bridgehead atoms. The quantitative estimate of drug-likeness (QED) is 0.792. The third-order valence-electron chi connectivity index (χ3n) is 3.39. The molecule has 0 atom stereocenters. The number of fused-ring (bicyclic) bond motifs is 1. The molecule has 1 N–H and O–H groups in total. The molecule has 3 rings (SSSR count). The van der Waals surface area contributed by atoms with Crippen LogP contribution in [0.4, 0.5) is 0 Å². The van der Waals surface area contributed by atoms with Gasteiger partial charge in [-0.3, -0.25) is 4.79 Å². The molecule has 3 aromatic rings. The standard InChI is InChI=1S/C16H14ClN3OS/c1-9-10(2)20-14-7-11(3-5-13(14)19-9)16(21)18-8-12-4-6-15(17)22-12/h3-7H,8H2,1-2H3,(H,18,21). The number of aryl methyl sites for hydroxylation is 2. The SMILES string of the molecule is Cc1nc2ccc(C(=O)NCc3ccc(Cl)s3)cc2nc1C. The van der Waals surface area contributed by atoms with Crippen molar-refractivity contribution < 1.29 is 4.79 Å². The topological polar surface area (TPSA) is 54.9 Å². The van der Waals surface area contributed by atoms with Crippen LogP contribution in [-0.4, -0.2) is 15.9 Å². The molecule has 2 heterocycles. The van der Waals surface area contributed by atoms with Crippen LogP contribution >= 0.6 is 22.9 Å². The highest BCUT2D eigenvalue weighted by atomic mass is 35.5. The first-order chi connectivity index (χ1) is 10.5. The second-order valence-corrected chi connectivity index (χ2v) is 6.79. The minimum absolute atomic E-state index is 0.133. The van der Waals surface area contributed by atoms with Gasteiger partial charge in [-0.25, -0.2) is 9.97 Å². The summed E-state index contributed by atoms with van der Waals surface area (Å²) in [5.74, 6) is -0.133. The van der Waals surface area contributed by atoms with E-state index in [-0.39, 0.29) is 5.91 Å². The molecular formula is C16H14ClN3OS. The summed E-state index contributed by atoms with van der Waals surface area (Å²) < 4.78 is 0.719. The van der Waals surface area contributed by atoms with Crippen molar-refractivity contribution in [2.45, 2.75) is 20.4 Å². The Morgan fingerprint density at radius 3 is 2.55 bits per heavy atom. The average Bonchev–Trinajstić information content (AvgIpc) is 2.91. The second kappa shape index (κ2) is 6.02. The minimum Gasteiger partial charge on any atom is -0.347 e. The van der Waals surface area contributed by atoms with Gasteiger partial charge in [-0.15, -0.1) is 11.3 Å². The van der Waals surface area contributed by atoms with Crippen molar-refractivity contribution >= 4 is 39.9 Å². The zero-order valence-corrected chi connectivity index (χ0v) is 13.8. The molecule has 0 fully saturated rings. The Labute approximate surface area is 137 Å². The lowest BCUT2D eigenvalue weighted by Gasteiger charge is -2.06. The van der Waals surface area contributed by atoms with Gasteiger partial charge in [0.1, 0.15) is 0 Å². The van der Waals surface area contributed by atoms with Gasteiger partial charge in [0.05, 0.1) is 33.3 Å². The number of halogens is 1. The van der Waals surface area contributed by atoms with Gasteiger partial charge >= 0.3 is 0 Å². The Bertz CT molecular complexity index is 860. The van der Waals surface area contributed by atoms with Crippen molar-refractivity contribution in [3.05, 3.63) is 56.5 Å². The van der Waals surface area contributed by atoms with Crippen molar-refractivity contribution in [3.8, 4) is 0 Å². The number of thiophene rings is 1. The van der Waals surface area contributed by atoms with Gasteiger partial charge in [0.15, 0.2) is 0 Å².